The summed E-state index contributed by atoms with van der Waals surface area (Å²) in [4.78, 5) is 23.9. The molecule has 1 N–H and O–H groups in total. The van der Waals surface area contributed by atoms with E-state index in [9.17, 15) is 9.59 Å². The molecule has 0 aliphatic carbocycles. The highest BCUT2D eigenvalue weighted by Gasteiger charge is 2.44. The standard InChI is InChI=1S/C19H35NO4Si/c1-15(2)11-19(7-8-21)18(22)17(12-20-19)16(3)13-24-14-23-9-10-25(4,5)6/h8,12,15-16,20H,7,9-11,13-14H2,1-6H3/t16-,19+/m0/s1. The number of ketones is 1. The van der Waals surface area contributed by atoms with Crippen LogP contribution in [0.1, 0.15) is 33.6 Å². The van der Waals surface area contributed by atoms with Gasteiger partial charge in [0.1, 0.15) is 18.6 Å². The van der Waals surface area contributed by atoms with Crippen molar-refractivity contribution in [2.24, 2.45) is 11.8 Å². The van der Waals surface area contributed by atoms with Gasteiger partial charge in [-0.3, -0.25) is 4.79 Å². The molecule has 6 heteroatoms. The van der Waals surface area contributed by atoms with E-state index in [0.29, 0.717) is 24.5 Å². The highest BCUT2D eigenvalue weighted by atomic mass is 28.3. The second kappa shape index (κ2) is 9.64. The molecule has 1 heterocycles. The van der Waals surface area contributed by atoms with Crippen LogP contribution >= 0.6 is 0 Å². The Labute approximate surface area is 153 Å². The van der Waals surface area contributed by atoms with Crippen molar-refractivity contribution in [3.63, 3.8) is 0 Å². The number of carbonyl (C=O) groups is 2. The molecule has 0 unspecified atom stereocenters. The SMILES string of the molecule is CC(C)C[C@@]1(CC=O)NC=C([C@@H](C)COCOCC[Si](C)(C)C)C1=O. The minimum atomic E-state index is -1.08. The molecule has 0 saturated carbocycles. The van der Waals surface area contributed by atoms with Crippen molar-refractivity contribution in [3.05, 3.63) is 11.8 Å². The first-order valence-corrected chi connectivity index (χ1v) is 12.9. The van der Waals surface area contributed by atoms with Crippen molar-refractivity contribution >= 4 is 20.1 Å². The number of hydrogen-bond donors (Lipinski definition) is 1. The first-order valence-electron chi connectivity index (χ1n) is 9.23. The number of ether oxygens (including phenoxy) is 2. The second-order valence-electron chi connectivity index (χ2n) is 8.73. The van der Waals surface area contributed by atoms with Crippen LogP contribution in [0.3, 0.4) is 0 Å². The molecule has 0 bridgehead atoms. The van der Waals surface area contributed by atoms with Crippen LogP contribution in [0.15, 0.2) is 11.8 Å². The van der Waals surface area contributed by atoms with E-state index in [-0.39, 0.29) is 24.9 Å². The van der Waals surface area contributed by atoms with E-state index in [0.717, 1.165) is 18.9 Å². The van der Waals surface area contributed by atoms with E-state index < -0.39 is 13.6 Å². The minimum absolute atomic E-state index is 0.0266. The molecule has 0 radical (unpaired) electrons. The summed E-state index contributed by atoms with van der Waals surface area (Å²) in [6.45, 7) is 14.4. The van der Waals surface area contributed by atoms with Gasteiger partial charge in [0.05, 0.1) is 6.61 Å². The number of rotatable bonds is 12. The summed E-state index contributed by atoms with van der Waals surface area (Å²) in [6.07, 6.45) is 3.46. The Morgan fingerprint density at radius 1 is 1.24 bits per heavy atom. The molecule has 0 fully saturated rings. The summed E-state index contributed by atoms with van der Waals surface area (Å²) < 4.78 is 11.1. The normalized spacial score (nSPS) is 22.0. The van der Waals surface area contributed by atoms with Gasteiger partial charge in [-0.15, -0.1) is 0 Å². The maximum absolute atomic E-state index is 12.9. The summed E-state index contributed by atoms with van der Waals surface area (Å²) in [5, 5.41) is 3.19. The predicted octanol–water partition coefficient (Wildman–Crippen LogP) is 3.38. The van der Waals surface area contributed by atoms with Crippen molar-refractivity contribution in [2.75, 3.05) is 20.0 Å². The molecule has 0 amide bonds. The highest BCUT2D eigenvalue weighted by Crippen LogP contribution is 2.32. The molecule has 0 aromatic rings. The lowest BCUT2D eigenvalue weighted by Crippen LogP contribution is -2.47. The van der Waals surface area contributed by atoms with E-state index in [1.807, 2.05) is 6.92 Å². The molecule has 1 aliphatic rings. The fraction of sp³-hybridized carbons (Fsp3) is 0.789. The van der Waals surface area contributed by atoms with Gasteiger partial charge in [-0.1, -0.05) is 40.4 Å². The van der Waals surface area contributed by atoms with Crippen molar-refractivity contribution in [3.8, 4) is 0 Å². The molecule has 0 spiro atoms. The van der Waals surface area contributed by atoms with Gasteiger partial charge in [0, 0.05) is 38.8 Å². The van der Waals surface area contributed by atoms with Crippen molar-refractivity contribution in [1.82, 2.24) is 5.32 Å². The zero-order valence-electron chi connectivity index (χ0n) is 16.7. The Morgan fingerprint density at radius 2 is 1.92 bits per heavy atom. The smallest absolute Gasteiger partial charge is 0.186 e. The average molecular weight is 370 g/mol. The largest absolute Gasteiger partial charge is 0.378 e. The third-order valence-electron chi connectivity index (χ3n) is 4.45. The third kappa shape index (κ3) is 7.03. The van der Waals surface area contributed by atoms with Gasteiger partial charge in [0.25, 0.3) is 0 Å². The monoisotopic (exact) mass is 369 g/mol. The third-order valence-corrected chi connectivity index (χ3v) is 6.16. The molecule has 2 atom stereocenters. The lowest BCUT2D eigenvalue weighted by Gasteiger charge is -2.29. The topological polar surface area (TPSA) is 64.6 Å². The molecular formula is C19H35NO4Si. The van der Waals surface area contributed by atoms with Gasteiger partial charge < -0.3 is 19.6 Å². The van der Waals surface area contributed by atoms with Gasteiger partial charge >= 0.3 is 0 Å². The second-order valence-corrected chi connectivity index (χ2v) is 14.4. The zero-order chi connectivity index (χ0) is 19.1. The Morgan fingerprint density at radius 3 is 2.48 bits per heavy atom. The Balaban J connectivity index is 2.45. The van der Waals surface area contributed by atoms with Gasteiger partial charge in [0.15, 0.2) is 5.78 Å². The van der Waals surface area contributed by atoms with Crippen LogP contribution in [0.4, 0.5) is 0 Å². The lowest BCUT2D eigenvalue weighted by atomic mass is 9.80. The van der Waals surface area contributed by atoms with Gasteiger partial charge in [0.2, 0.25) is 0 Å². The van der Waals surface area contributed by atoms with E-state index in [1.165, 1.54) is 0 Å². The first kappa shape index (κ1) is 22.1. The summed E-state index contributed by atoms with van der Waals surface area (Å²) in [7, 11) is -1.08. The van der Waals surface area contributed by atoms with Crippen molar-refractivity contribution in [2.45, 2.75) is 64.8 Å². The van der Waals surface area contributed by atoms with E-state index in [2.05, 4.69) is 38.8 Å². The van der Waals surface area contributed by atoms with Gasteiger partial charge in [-0.2, -0.15) is 0 Å². The fourth-order valence-corrected chi connectivity index (χ4v) is 3.78. The molecular weight excluding hydrogens is 334 g/mol. The predicted molar refractivity (Wildman–Crippen MR) is 103 cm³/mol. The maximum Gasteiger partial charge on any atom is 0.186 e. The molecule has 1 rings (SSSR count). The summed E-state index contributed by atoms with van der Waals surface area (Å²) in [5.41, 5.74) is -0.0579. The highest BCUT2D eigenvalue weighted by molar-refractivity contribution is 6.76. The Bertz CT molecular complexity index is 484. The average Bonchev–Trinajstić information content (AvgIpc) is 2.78. The van der Waals surface area contributed by atoms with Crippen LogP contribution in [-0.2, 0) is 19.1 Å². The Hall–Kier alpha value is -0.983. The van der Waals surface area contributed by atoms with Crippen LogP contribution < -0.4 is 5.32 Å². The van der Waals surface area contributed by atoms with Crippen LogP contribution in [-0.4, -0.2) is 45.7 Å². The molecule has 1 aliphatic heterocycles. The van der Waals surface area contributed by atoms with E-state index in [1.54, 1.807) is 6.20 Å². The van der Waals surface area contributed by atoms with E-state index >= 15 is 0 Å². The van der Waals surface area contributed by atoms with Crippen LogP contribution in [0.5, 0.6) is 0 Å². The van der Waals surface area contributed by atoms with Crippen LogP contribution in [0, 0.1) is 11.8 Å². The molecule has 0 saturated heterocycles. The van der Waals surface area contributed by atoms with Gasteiger partial charge in [-0.05, 0) is 18.4 Å². The quantitative estimate of drug-likeness (QED) is 0.247. The maximum atomic E-state index is 12.9. The number of carbonyl (C=O) groups excluding carboxylic acids is 2. The van der Waals surface area contributed by atoms with Crippen LogP contribution in [0.2, 0.25) is 25.7 Å². The number of nitrogens with one attached hydrogen (secondary N) is 1. The number of hydrogen-bond acceptors (Lipinski definition) is 5. The molecule has 0 aromatic carbocycles. The zero-order valence-corrected chi connectivity index (χ0v) is 17.7. The van der Waals surface area contributed by atoms with E-state index in [4.69, 9.17) is 9.47 Å². The van der Waals surface area contributed by atoms with Gasteiger partial charge in [-0.25, -0.2) is 0 Å². The van der Waals surface area contributed by atoms with Crippen molar-refractivity contribution in [1.29, 1.82) is 0 Å². The van der Waals surface area contributed by atoms with Crippen molar-refractivity contribution < 1.29 is 19.1 Å². The lowest BCUT2D eigenvalue weighted by molar-refractivity contribution is -0.124. The molecule has 144 valence electrons. The summed E-state index contributed by atoms with van der Waals surface area (Å²) in [6, 6.07) is 1.11. The minimum Gasteiger partial charge on any atom is -0.378 e. The number of Topliss-reactive ketones (excluding diaryl/α,β-unsaturated/α-hetero) is 1. The fourth-order valence-electron chi connectivity index (χ4n) is 3.03. The summed E-state index contributed by atoms with van der Waals surface area (Å²) >= 11 is 0. The summed E-state index contributed by atoms with van der Waals surface area (Å²) in [5.74, 6) is 0.334. The first-order chi connectivity index (χ1) is 11.6. The molecule has 0 aromatic heterocycles. The van der Waals surface area contributed by atoms with Crippen LogP contribution in [0.25, 0.3) is 0 Å². The Kier molecular flexibility index (Phi) is 8.51. The molecule has 5 nitrogen and oxygen atoms in total. The molecule has 25 heavy (non-hydrogen) atoms. The number of aldehydes is 1.